The minimum Gasteiger partial charge on any atom is -0.256 e. The fraction of sp³-hybridized carbons (Fsp3) is 0.385. The molecular formula is C13H16BrN3O2S. The minimum atomic E-state index is -3.32. The van der Waals surface area contributed by atoms with Gasteiger partial charge in [-0.05, 0) is 48.3 Å². The molecule has 0 N–H and O–H groups in total. The molecule has 0 aliphatic heterocycles. The van der Waals surface area contributed by atoms with Crippen LogP contribution in [-0.4, -0.2) is 29.4 Å². The van der Waals surface area contributed by atoms with E-state index in [0.29, 0.717) is 17.0 Å². The van der Waals surface area contributed by atoms with E-state index in [2.05, 4.69) is 26.0 Å². The molecule has 2 aromatic heterocycles. The first kappa shape index (κ1) is 15.2. The van der Waals surface area contributed by atoms with Crippen LogP contribution in [0.15, 0.2) is 15.6 Å². The number of hydrogen-bond donors (Lipinski definition) is 0. The van der Waals surface area contributed by atoms with Gasteiger partial charge in [-0.25, -0.2) is 13.4 Å². The third kappa shape index (κ3) is 2.52. The van der Waals surface area contributed by atoms with Gasteiger partial charge in [0.25, 0.3) is 0 Å². The molecule has 20 heavy (non-hydrogen) atoms. The molecule has 0 aliphatic carbocycles. The highest BCUT2D eigenvalue weighted by Gasteiger charge is 2.23. The van der Waals surface area contributed by atoms with E-state index in [1.807, 2.05) is 19.9 Å². The van der Waals surface area contributed by atoms with Crippen molar-refractivity contribution in [2.75, 3.05) is 6.26 Å². The molecule has 0 fully saturated rings. The zero-order valence-electron chi connectivity index (χ0n) is 12.0. The van der Waals surface area contributed by atoms with Crippen LogP contribution in [0.3, 0.4) is 0 Å². The Labute approximate surface area is 127 Å². The number of rotatable bonds is 2. The zero-order valence-corrected chi connectivity index (χ0v) is 14.4. The first-order valence-corrected chi connectivity index (χ1v) is 8.69. The van der Waals surface area contributed by atoms with Crippen molar-refractivity contribution in [3.63, 3.8) is 0 Å². The van der Waals surface area contributed by atoms with E-state index in [4.69, 9.17) is 0 Å². The molecule has 0 aromatic carbocycles. The van der Waals surface area contributed by atoms with E-state index in [1.165, 1.54) is 10.9 Å². The maximum absolute atomic E-state index is 11.8. The van der Waals surface area contributed by atoms with Gasteiger partial charge in [0.2, 0.25) is 0 Å². The van der Waals surface area contributed by atoms with Gasteiger partial charge in [0, 0.05) is 23.3 Å². The van der Waals surface area contributed by atoms with E-state index >= 15 is 0 Å². The maximum atomic E-state index is 11.8. The Morgan fingerprint density at radius 1 is 1.20 bits per heavy atom. The summed E-state index contributed by atoms with van der Waals surface area (Å²) in [5.41, 5.74) is 3.75. The van der Waals surface area contributed by atoms with Crippen molar-refractivity contribution < 1.29 is 8.42 Å². The largest absolute Gasteiger partial charge is 0.256 e. The fourth-order valence-electron chi connectivity index (χ4n) is 2.27. The Morgan fingerprint density at radius 2 is 1.80 bits per heavy atom. The van der Waals surface area contributed by atoms with Gasteiger partial charge >= 0.3 is 0 Å². The Morgan fingerprint density at radius 3 is 2.30 bits per heavy atom. The Kier molecular flexibility index (Phi) is 3.77. The smallest absolute Gasteiger partial charge is 0.192 e. The fourth-order valence-corrected chi connectivity index (χ4v) is 3.88. The third-order valence-electron chi connectivity index (χ3n) is 3.14. The number of aromatic nitrogens is 3. The van der Waals surface area contributed by atoms with Crippen molar-refractivity contribution in [3.8, 4) is 11.4 Å². The number of pyridine rings is 1. The molecule has 0 atom stereocenters. The molecule has 0 saturated carbocycles. The van der Waals surface area contributed by atoms with E-state index in [9.17, 15) is 8.42 Å². The second-order valence-electron chi connectivity index (χ2n) is 4.90. The van der Waals surface area contributed by atoms with Crippen LogP contribution < -0.4 is 0 Å². The van der Waals surface area contributed by atoms with Gasteiger partial charge in [-0.1, -0.05) is 0 Å². The molecule has 2 aromatic rings. The van der Waals surface area contributed by atoms with Gasteiger partial charge < -0.3 is 0 Å². The van der Waals surface area contributed by atoms with Crippen LogP contribution in [0, 0.1) is 20.8 Å². The summed E-state index contributed by atoms with van der Waals surface area (Å²) in [6.45, 7) is 5.58. The summed E-state index contributed by atoms with van der Waals surface area (Å²) in [6, 6.07) is 1.96. The molecule has 0 aliphatic rings. The molecule has 0 bridgehead atoms. The number of sulfone groups is 1. The SMILES string of the molecule is Cc1cc(Br)c(C)nc1-c1nn(C)c(S(C)(=O)=O)c1C. The number of nitrogens with zero attached hydrogens (tertiary/aromatic N) is 3. The average molecular weight is 358 g/mol. The molecular weight excluding hydrogens is 342 g/mol. The van der Waals surface area contributed by atoms with E-state index in [-0.39, 0.29) is 5.03 Å². The monoisotopic (exact) mass is 357 g/mol. The molecule has 0 amide bonds. The third-order valence-corrected chi connectivity index (χ3v) is 5.21. The highest BCUT2D eigenvalue weighted by atomic mass is 79.9. The average Bonchev–Trinajstić information content (AvgIpc) is 2.58. The van der Waals surface area contributed by atoms with E-state index in [0.717, 1.165) is 15.7 Å². The Balaban J connectivity index is 2.76. The maximum Gasteiger partial charge on any atom is 0.192 e. The molecule has 0 saturated heterocycles. The van der Waals surface area contributed by atoms with Crippen molar-refractivity contribution in [2.45, 2.75) is 25.8 Å². The summed E-state index contributed by atoms with van der Waals surface area (Å²) < 4.78 is 26.0. The molecule has 108 valence electrons. The van der Waals surface area contributed by atoms with E-state index < -0.39 is 9.84 Å². The first-order valence-electron chi connectivity index (χ1n) is 6.00. The van der Waals surface area contributed by atoms with Crippen molar-refractivity contribution in [1.29, 1.82) is 0 Å². The van der Waals surface area contributed by atoms with Crippen LogP contribution in [0.5, 0.6) is 0 Å². The Hall–Kier alpha value is -1.21. The van der Waals surface area contributed by atoms with Crippen LogP contribution in [0.4, 0.5) is 0 Å². The summed E-state index contributed by atoms with van der Waals surface area (Å²) in [5, 5.41) is 4.57. The van der Waals surface area contributed by atoms with Crippen LogP contribution in [0.1, 0.15) is 16.8 Å². The van der Waals surface area contributed by atoms with Crippen LogP contribution in [0.2, 0.25) is 0 Å². The van der Waals surface area contributed by atoms with Gasteiger partial charge in [0.1, 0.15) is 5.69 Å². The lowest BCUT2D eigenvalue weighted by Gasteiger charge is -2.06. The summed E-state index contributed by atoms with van der Waals surface area (Å²) in [5.74, 6) is 0. The summed E-state index contributed by atoms with van der Waals surface area (Å²) in [4.78, 5) is 4.52. The molecule has 2 heterocycles. The summed E-state index contributed by atoms with van der Waals surface area (Å²) >= 11 is 3.44. The molecule has 7 heteroatoms. The lowest BCUT2D eigenvalue weighted by molar-refractivity contribution is 0.581. The topological polar surface area (TPSA) is 64.8 Å². The normalized spacial score (nSPS) is 11.9. The van der Waals surface area contributed by atoms with Crippen molar-refractivity contribution in [2.24, 2.45) is 7.05 Å². The zero-order chi connectivity index (χ0) is 15.2. The molecule has 5 nitrogen and oxygen atoms in total. The lowest BCUT2D eigenvalue weighted by atomic mass is 10.1. The van der Waals surface area contributed by atoms with Gasteiger partial charge in [0.15, 0.2) is 14.9 Å². The van der Waals surface area contributed by atoms with Crippen LogP contribution >= 0.6 is 15.9 Å². The molecule has 0 spiro atoms. The summed E-state index contributed by atoms with van der Waals surface area (Å²) in [7, 11) is -1.69. The standard InChI is InChI=1S/C13H16BrN3O2S/c1-7-6-10(14)9(3)15-11(7)12-8(2)13(17(4)16-12)20(5,18)19/h6H,1-5H3. The van der Waals surface area contributed by atoms with Crippen molar-refractivity contribution in [3.05, 3.63) is 27.4 Å². The van der Waals surface area contributed by atoms with Crippen LogP contribution in [0.25, 0.3) is 11.4 Å². The number of halogens is 1. The minimum absolute atomic E-state index is 0.231. The number of hydrogen-bond acceptors (Lipinski definition) is 4. The van der Waals surface area contributed by atoms with E-state index in [1.54, 1.807) is 14.0 Å². The predicted molar refractivity (Wildman–Crippen MR) is 81.5 cm³/mol. The highest BCUT2D eigenvalue weighted by molar-refractivity contribution is 9.10. The second kappa shape index (κ2) is 4.96. The molecule has 2 rings (SSSR count). The van der Waals surface area contributed by atoms with Crippen molar-refractivity contribution in [1.82, 2.24) is 14.8 Å². The highest BCUT2D eigenvalue weighted by Crippen LogP contribution is 2.30. The Bertz CT molecular complexity index is 794. The molecule has 0 unspecified atom stereocenters. The summed E-state index contributed by atoms with van der Waals surface area (Å²) in [6.07, 6.45) is 1.19. The predicted octanol–water partition coefficient (Wildman–Crippen LogP) is 2.57. The van der Waals surface area contributed by atoms with Crippen LogP contribution in [-0.2, 0) is 16.9 Å². The number of aryl methyl sites for hydroxylation is 3. The van der Waals surface area contributed by atoms with Gasteiger partial charge in [-0.2, -0.15) is 5.10 Å². The second-order valence-corrected chi connectivity index (χ2v) is 7.68. The van der Waals surface area contributed by atoms with Crippen molar-refractivity contribution >= 4 is 25.8 Å². The van der Waals surface area contributed by atoms with Gasteiger partial charge in [-0.3, -0.25) is 4.68 Å². The lowest BCUT2D eigenvalue weighted by Crippen LogP contribution is -2.06. The first-order chi connectivity index (χ1) is 9.12. The van der Waals surface area contributed by atoms with Gasteiger partial charge in [0.05, 0.1) is 11.4 Å². The quantitative estimate of drug-likeness (QED) is 0.828. The van der Waals surface area contributed by atoms with Gasteiger partial charge in [-0.15, -0.1) is 0 Å². The molecule has 0 radical (unpaired) electrons.